The van der Waals surface area contributed by atoms with Crippen molar-refractivity contribution < 1.29 is 22.7 Å². The Balaban J connectivity index is 1.57. The number of alkyl halides is 3. The zero-order valence-corrected chi connectivity index (χ0v) is 19.4. The van der Waals surface area contributed by atoms with E-state index in [0.717, 1.165) is 44.8 Å². The van der Waals surface area contributed by atoms with E-state index in [1.807, 2.05) is 0 Å². The summed E-state index contributed by atoms with van der Waals surface area (Å²) in [5.74, 6) is -0.376. The second kappa shape index (κ2) is 10.6. The van der Waals surface area contributed by atoms with Crippen LogP contribution in [0.4, 0.5) is 19.1 Å². The number of rotatable bonds is 9. The van der Waals surface area contributed by atoms with Crippen LogP contribution in [0.3, 0.4) is 0 Å². The summed E-state index contributed by atoms with van der Waals surface area (Å²) in [5.41, 5.74) is 5.46. The SMILES string of the molecule is COC(=O)c1ccc2c(-c3nc(N[C@H]4CC[C@H](NCCCCN)C4)ncc3C(F)(F)F)c[nH]c2c1. The summed E-state index contributed by atoms with van der Waals surface area (Å²) in [6.07, 6.45) is 2.33. The molecule has 35 heavy (non-hydrogen) atoms. The monoisotopic (exact) mass is 490 g/mol. The molecule has 2 aromatic heterocycles. The number of nitrogens with one attached hydrogen (secondary N) is 3. The van der Waals surface area contributed by atoms with E-state index in [0.29, 0.717) is 29.1 Å². The van der Waals surface area contributed by atoms with Gasteiger partial charge in [-0.2, -0.15) is 13.2 Å². The first-order valence-corrected chi connectivity index (χ1v) is 11.6. The van der Waals surface area contributed by atoms with Crippen LogP contribution in [0.1, 0.15) is 48.0 Å². The van der Waals surface area contributed by atoms with Gasteiger partial charge in [-0.25, -0.2) is 14.8 Å². The Hall–Kier alpha value is -3.18. The summed E-state index contributed by atoms with van der Waals surface area (Å²) in [4.78, 5) is 23.0. The van der Waals surface area contributed by atoms with Gasteiger partial charge in [-0.3, -0.25) is 0 Å². The summed E-state index contributed by atoms with van der Waals surface area (Å²) in [5, 5.41) is 7.23. The molecule has 3 aromatic rings. The minimum atomic E-state index is -4.63. The molecule has 4 rings (SSSR count). The predicted molar refractivity (Wildman–Crippen MR) is 127 cm³/mol. The summed E-state index contributed by atoms with van der Waals surface area (Å²) in [7, 11) is 1.27. The average molecular weight is 491 g/mol. The van der Waals surface area contributed by atoms with Crippen LogP contribution in [0.15, 0.2) is 30.6 Å². The smallest absolute Gasteiger partial charge is 0.419 e. The summed E-state index contributed by atoms with van der Waals surface area (Å²) in [6.45, 7) is 1.57. The van der Waals surface area contributed by atoms with Crippen LogP contribution >= 0.6 is 0 Å². The first-order valence-electron chi connectivity index (χ1n) is 11.6. The number of nitrogens with two attached hydrogens (primary N) is 1. The number of hydrogen-bond acceptors (Lipinski definition) is 7. The molecule has 188 valence electrons. The first kappa shape index (κ1) is 24.9. The third kappa shape index (κ3) is 5.73. The van der Waals surface area contributed by atoms with Gasteiger partial charge in [0.05, 0.1) is 18.4 Å². The largest absolute Gasteiger partial charge is 0.465 e. The molecule has 0 aliphatic heterocycles. The first-order chi connectivity index (χ1) is 16.8. The van der Waals surface area contributed by atoms with Crippen molar-refractivity contribution in [2.75, 3.05) is 25.5 Å². The number of anilines is 1. The Morgan fingerprint density at radius 1 is 1.26 bits per heavy atom. The molecule has 5 N–H and O–H groups in total. The van der Waals surface area contributed by atoms with E-state index in [2.05, 4.69) is 25.6 Å². The Morgan fingerprint density at radius 3 is 2.80 bits per heavy atom. The number of methoxy groups -OCH3 is 1. The fourth-order valence-electron chi connectivity index (χ4n) is 4.49. The Morgan fingerprint density at radius 2 is 2.06 bits per heavy atom. The highest BCUT2D eigenvalue weighted by atomic mass is 19.4. The number of carbonyl (C=O) groups excluding carboxylic acids is 1. The number of H-pyrrole nitrogens is 1. The molecule has 1 aliphatic rings. The molecule has 1 aliphatic carbocycles. The zero-order chi connectivity index (χ0) is 25.0. The Bertz CT molecular complexity index is 1180. The van der Waals surface area contributed by atoms with E-state index >= 15 is 0 Å². The molecule has 1 aromatic carbocycles. The molecular weight excluding hydrogens is 461 g/mol. The van der Waals surface area contributed by atoms with Gasteiger partial charge in [0.15, 0.2) is 0 Å². The summed E-state index contributed by atoms with van der Waals surface area (Å²) < 4.78 is 46.2. The molecule has 0 amide bonds. The van der Waals surface area contributed by atoms with Gasteiger partial charge < -0.3 is 26.1 Å². The summed E-state index contributed by atoms with van der Waals surface area (Å²) in [6, 6.07) is 5.05. The van der Waals surface area contributed by atoms with Gasteiger partial charge in [-0.1, -0.05) is 6.07 Å². The number of benzene rings is 1. The lowest BCUT2D eigenvalue weighted by Crippen LogP contribution is -2.29. The molecule has 0 radical (unpaired) electrons. The van der Waals surface area contributed by atoms with Crippen molar-refractivity contribution in [2.24, 2.45) is 5.73 Å². The van der Waals surface area contributed by atoms with Gasteiger partial charge in [0.1, 0.15) is 5.56 Å². The molecule has 11 heteroatoms. The number of ether oxygens (including phenoxy) is 1. The number of halogens is 3. The van der Waals surface area contributed by atoms with Crippen molar-refractivity contribution in [3.8, 4) is 11.3 Å². The third-order valence-electron chi connectivity index (χ3n) is 6.28. The van der Waals surface area contributed by atoms with Crippen LogP contribution in [0.5, 0.6) is 0 Å². The van der Waals surface area contributed by atoms with Crippen molar-refractivity contribution in [2.45, 2.75) is 50.4 Å². The molecule has 0 spiro atoms. The number of unbranched alkanes of at least 4 members (excludes halogenated alkanes) is 1. The highest BCUT2D eigenvalue weighted by Crippen LogP contribution is 2.39. The van der Waals surface area contributed by atoms with Crippen LogP contribution in [-0.2, 0) is 10.9 Å². The van der Waals surface area contributed by atoms with Crippen LogP contribution in [0, 0.1) is 0 Å². The van der Waals surface area contributed by atoms with E-state index in [1.54, 1.807) is 6.07 Å². The maximum Gasteiger partial charge on any atom is 0.419 e. The Labute approximate surface area is 200 Å². The highest BCUT2D eigenvalue weighted by molar-refractivity contribution is 6.00. The average Bonchev–Trinajstić information content (AvgIpc) is 3.47. The number of carbonyl (C=O) groups is 1. The molecule has 2 heterocycles. The van der Waals surface area contributed by atoms with E-state index in [-0.39, 0.29) is 23.2 Å². The van der Waals surface area contributed by atoms with Gasteiger partial charge in [0.25, 0.3) is 0 Å². The maximum atomic E-state index is 13.8. The van der Waals surface area contributed by atoms with E-state index in [4.69, 9.17) is 10.5 Å². The molecule has 1 fully saturated rings. The molecule has 2 atom stereocenters. The summed E-state index contributed by atoms with van der Waals surface area (Å²) >= 11 is 0. The second-order valence-electron chi connectivity index (χ2n) is 8.71. The zero-order valence-electron chi connectivity index (χ0n) is 19.4. The van der Waals surface area contributed by atoms with E-state index < -0.39 is 17.7 Å². The van der Waals surface area contributed by atoms with Gasteiger partial charge in [0, 0.05) is 40.9 Å². The third-order valence-corrected chi connectivity index (χ3v) is 6.28. The standard InChI is InChI=1S/C24H29F3N6O2/c1-35-22(34)14-4-7-17-18(12-30-20(17)10-14)21-19(24(25,26)27)13-31-23(33-21)32-16-6-5-15(11-16)29-9-3-2-8-28/h4,7,10,12-13,15-16,29-30H,2-3,5-6,8-9,11,28H2,1H3,(H,31,32,33)/t15-,16-/m0/s1. The molecular formula is C24H29F3N6O2. The second-order valence-corrected chi connectivity index (χ2v) is 8.71. The molecule has 0 bridgehead atoms. The fraction of sp³-hybridized carbons (Fsp3) is 0.458. The minimum Gasteiger partial charge on any atom is -0.465 e. The number of aromatic amines is 1. The van der Waals surface area contributed by atoms with Crippen LogP contribution in [-0.4, -0.2) is 53.2 Å². The molecule has 0 saturated heterocycles. The normalized spacial score (nSPS) is 18.2. The lowest BCUT2D eigenvalue weighted by molar-refractivity contribution is -0.137. The van der Waals surface area contributed by atoms with Crippen LogP contribution < -0.4 is 16.4 Å². The molecule has 0 unspecified atom stereocenters. The van der Waals surface area contributed by atoms with Crippen molar-refractivity contribution in [1.82, 2.24) is 20.3 Å². The number of hydrogen-bond donors (Lipinski definition) is 4. The molecule has 1 saturated carbocycles. The lowest BCUT2D eigenvalue weighted by Gasteiger charge is -2.17. The van der Waals surface area contributed by atoms with Crippen molar-refractivity contribution >= 4 is 22.8 Å². The number of fused-ring (bicyclic) bond motifs is 1. The van der Waals surface area contributed by atoms with Gasteiger partial charge in [-0.15, -0.1) is 0 Å². The highest BCUT2D eigenvalue weighted by Gasteiger charge is 2.36. The van der Waals surface area contributed by atoms with Crippen LogP contribution in [0.25, 0.3) is 22.2 Å². The maximum absolute atomic E-state index is 13.8. The van der Waals surface area contributed by atoms with Gasteiger partial charge in [0.2, 0.25) is 5.95 Å². The van der Waals surface area contributed by atoms with Crippen LogP contribution in [0.2, 0.25) is 0 Å². The van der Waals surface area contributed by atoms with Gasteiger partial charge >= 0.3 is 12.1 Å². The lowest BCUT2D eigenvalue weighted by atomic mass is 10.0. The van der Waals surface area contributed by atoms with E-state index in [1.165, 1.54) is 25.4 Å². The molecule has 8 nitrogen and oxygen atoms in total. The van der Waals surface area contributed by atoms with Crippen molar-refractivity contribution in [1.29, 1.82) is 0 Å². The predicted octanol–water partition coefficient (Wildman–Crippen LogP) is 4.09. The Kier molecular flexibility index (Phi) is 7.56. The quantitative estimate of drug-likeness (QED) is 0.264. The fourth-order valence-corrected chi connectivity index (χ4v) is 4.49. The van der Waals surface area contributed by atoms with Crippen molar-refractivity contribution in [3.63, 3.8) is 0 Å². The number of nitrogens with zero attached hydrogens (tertiary/aromatic N) is 2. The topological polar surface area (TPSA) is 118 Å². The van der Waals surface area contributed by atoms with Crippen molar-refractivity contribution in [3.05, 3.63) is 41.7 Å². The number of aromatic nitrogens is 3. The number of esters is 1. The van der Waals surface area contributed by atoms with Gasteiger partial charge in [-0.05, 0) is 57.3 Å². The minimum absolute atomic E-state index is 0.0668. The van der Waals surface area contributed by atoms with E-state index in [9.17, 15) is 18.0 Å².